The average Bonchev–Trinajstić information content (AvgIpc) is 3.03. The molecule has 0 saturated heterocycles. The maximum Gasteiger partial charge on any atom is 0.260 e. The number of aromatic nitrogens is 2. The molecule has 0 saturated carbocycles. The van der Waals surface area contributed by atoms with Crippen LogP contribution in [0.3, 0.4) is 0 Å². The summed E-state index contributed by atoms with van der Waals surface area (Å²) in [5.74, 6) is 0.207. The van der Waals surface area contributed by atoms with Crippen molar-refractivity contribution in [1.82, 2.24) is 9.97 Å². The van der Waals surface area contributed by atoms with E-state index in [1.807, 2.05) is 49.4 Å². The maximum absolute atomic E-state index is 12.8. The molecule has 0 unspecified atom stereocenters. The minimum Gasteiger partial charge on any atom is -0.301 e. The summed E-state index contributed by atoms with van der Waals surface area (Å²) < 4.78 is 0.926. The van der Waals surface area contributed by atoms with Crippen LogP contribution in [0.2, 0.25) is 0 Å². The second-order valence-corrected chi connectivity index (χ2v) is 9.25. The highest BCUT2D eigenvalue weighted by Crippen LogP contribution is 2.35. The quantitative estimate of drug-likeness (QED) is 0.231. The van der Waals surface area contributed by atoms with E-state index in [1.54, 1.807) is 12.1 Å². The number of ketones is 1. The summed E-state index contributed by atoms with van der Waals surface area (Å²) in [6, 6.07) is 17.1. The van der Waals surface area contributed by atoms with Crippen molar-refractivity contribution < 1.29 is 4.79 Å². The van der Waals surface area contributed by atoms with E-state index in [9.17, 15) is 9.59 Å². The lowest BCUT2D eigenvalue weighted by Gasteiger charge is -2.03. The third-order valence-corrected chi connectivity index (χ3v) is 6.69. The van der Waals surface area contributed by atoms with Gasteiger partial charge in [-0.05, 0) is 24.6 Å². The van der Waals surface area contributed by atoms with Crippen molar-refractivity contribution in [2.45, 2.75) is 12.1 Å². The molecule has 0 radical (unpaired) electrons. The summed E-state index contributed by atoms with van der Waals surface area (Å²) in [6.07, 6.45) is 0. The Morgan fingerprint density at radius 2 is 1.86 bits per heavy atom. The molecule has 4 aromatic rings. The highest BCUT2D eigenvalue weighted by Gasteiger charge is 2.17. The molecule has 0 bridgehead atoms. The maximum atomic E-state index is 12.8. The van der Waals surface area contributed by atoms with Crippen LogP contribution in [-0.2, 0) is 0 Å². The van der Waals surface area contributed by atoms with Gasteiger partial charge in [-0.1, -0.05) is 70.2 Å². The Labute approximate surface area is 178 Å². The smallest absolute Gasteiger partial charge is 0.260 e. The van der Waals surface area contributed by atoms with Crippen LogP contribution in [0.1, 0.15) is 15.2 Å². The molecule has 28 heavy (non-hydrogen) atoms. The van der Waals surface area contributed by atoms with Crippen LogP contribution in [0.15, 0.2) is 69.0 Å². The molecule has 2 aromatic carbocycles. The van der Waals surface area contributed by atoms with Crippen molar-refractivity contribution in [3.05, 3.63) is 79.9 Å². The van der Waals surface area contributed by atoms with Crippen molar-refractivity contribution >= 4 is 55.0 Å². The van der Waals surface area contributed by atoms with Gasteiger partial charge in [0.2, 0.25) is 0 Å². The number of halogens is 1. The fourth-order valence-electron chi connectivity index (χ4n) is 2.97. The lowest BCUT2D eigenvalue weighted by molar-refractivity contribution is 0.102. The van der Waals surface area contributed by atoms with Crippen molar-refractivity contribution in [1.29, 1.82) is 0 Å². The molecule has 4 rings (SSSR count). The number of fused-ring (bicyclic) bond motifs is 1. The predicted octanol–water partition coefficient (Wildman–Crippen LogP) is 5.70. The monoisotopic (exact) mass is 470 g/mol. The number of nitrogens with zero attached hydrogens (tertiary/aromatic N) is 1. The number of nitrogens with one attached hydrogen (secondary N) is 1. The Morgan fingerprint density at radius 3 is 2.57 bits per heavy atom. The first kappa shape index (κ1) is 19.1. The van der Waals surface area contributed by atoms with Gasteiger partial charge >= 0.3 is 0 Å². The number of aryl methyl sites for hydroxylation is 1. The SMILES string of the molecule is Cc1sc2nc(SCC(=O)c3ccc(Br)cc3)[nH]c(=O)c2c1-c1ccccc1. The number of H-pyrrole nitrogens is 1. The molecule has 4 nitrogen and oxygen atoms in total. The van der Waals surface area contributed by atoms with E-state index >= 15 is 0 Å². The van der Waals surface area contributed by atoms with E-state index in [1.165, 1.54) is 23.1 Å². The van der Waals surface area contributed by atoms with Crippen molar-refractivity contribution in [2.75, 3.05) is 5.75 Å². The molecule has 0 amide bonds. The molecule has 0 aliphatic rings. The Bertz CT molecular complexity index is 1220. The van der Waals surface area contributed by atoms with Crippen LogP contribution < -0.4 is 5.56 Å². The van der Waals surface area contributed by atoms with Gasteiger partial charge in [-0.15, -0.1) is 11.3 Å². The van der Waals surface area contributed by atoms with Crippen LogP contribution >= 0.6 is 39.0 Å². The molecule has 0 spiro atoms. The van der Waals surface area contributed by atoms with Gasteiger partial charge in [-0.25, -0.2) is 4.98 Å². The number of hydrogen-bond acceptors (Lipinski definition) is 5. The minimum atomic E-state index is -0.174. The molecular weight excluding hydrogens is 456 g/mol. The van der Waals surface area contributed by atoms with E-state index in [0.29, 0.717) is 20.9 Å². The molecule has 0 aliphatic heterocycles. The number of hydrogen-bond donors (Lipinski definition) is 1. The fraction of sp³-hybridized carbons (Fsp3) is 0.0952. The normalized spacial score (nSPS) is 11.1. The zero-order valence-corrected chi connectivity index (χ0v) is 18.1. The van der Waals surface area contributed by atoms with Gasteiger partial charge in [0, 0.05) is 20.5 Å². The molecule has 2 heterocycles. The molecule has 0 atom stereocenters. The third-order valence-electron chi connectivity index (χ3n) is 4.28. The van der Waals surface area contributed by atoms with E-state index in [0.717, 1.165) is 20.5 Å². The molecular formula is C21H15BrN2O2S2. The number of rotatable bonds is 5. The molecule has 140 valence electrons. The van der Waals surface area contributed by atoms with E-state index in [-0.39, 0.29) is 17.1 Å². The first-order valence-corrected chi connectivity index (χ1v) is 11.1. The van der Waals surface area contributed by atoms with Gasteiger partial charge in [-0.3, -0.25) is 9.59 Å². The molecule has 1 N–H and O–H groups in total. The summed E-state index contributed by atoms with van der Waals surface area (Å²) in [5, 5.41) is 1.07. The van der Waals surface area contributed by atoms with Gasteiger partial charge in [-0.2, -0.15) is 0 Å². The van der Waals surface area contributed by atoms with Crippen molar-refractivity contribution in [2.24, 2.45) is 0 Å². The zero-order chi connectivity index (χ0) is 19.7. The van der Waals surface area contributed by atoms with E-state index in [4.69, 9.17) is 0 Å². The van der Waals surface area contributed by atoms with Crippen LogP contribution in [-0.4, -0.2) is 21.5 Å². The lowest BCUT2D eigenvalue weighted by Crippen LogP contribution is -2.10. The highest BCUT2D eigenvalue weighted by atomic mass is 79.9. The van der Waals surface area contributed by atoms with Gasteiger partial charge < -0.3 is 4.98 Å². The molecule has 2 aromatic heterocycles. The van der Waals surface area contributed by atoms with Crippen LogP contribution in [0, 0.1) is 6.92 Å². The van der Waals surface area contributed by atoms with E-state index in [2.05, 4.69) is 25.9 Å². The number of carbonyl (C=O) groups excluding carboxylic acids is 1. The average molecular weight is 471 g/mol. The first-order valence-electron chi connectivity index (χ1n) is 8.53. The topological polar surface area (TPSA) is 62.8 Å². The number of thiophene rings is 1. The summed E-state index contributed by atoms with van der Waals surface area (Å²) >= 11 is 6.11. The van der Waals surface area contributed by atoms with Gasteiger partial charge in [0.15, 0.2) is 10.9 Å². The summed E-state index contributed by atoms with van der Waals surface area (Å²) in [7, 11) is 0. The van der Waals surface area contributed by atoms with E-state index < -0.39 is 0 Å². The Kier molecular flexibility index (Phi) is 5.48. The number of aromatic amines is 1. The van der Waals surface area contributed by atoms with Gasteiger partial charge in [0.05, 0.1) is 11.1 Å². The van der Waals surface area contributed by atoms with Crippen molar-refractivity contribution in [3.63, 3.8) is 0 Å². The fourth-order valence-corrected chi connectivity index (χ4v) is 5.10. The Hall–Kier alpha value is -2.22. The second kappa shape index (κ2) is 8.03. The zero-order valence-electron chi connectivity index (χ0n) is 14.9. The van der Waals surface area contributed by atoms with Crippen molar-refractivity contribution in [3.8, 4) is 11.1 Å². The number of thioether (sulfide) groups is 1. The second-order valence-electron chi connectivity index (χ2n) is 6.17. The first-order chi connectivity index (χ1) is 13.5. The minimum absolute atomic E-state index is 0.00687. The standard InChI is InChI=1S/C21H15BrN2O2S2/c1-12-17(14-5-3-2-4-6-14)18-19(26)23-21(24-20(18)28-12)27-11-16(25)13-7-9-15(22)10-8-13/h2-10H,11H2,1H3,(H,23,24,26). The molecule has 0 aliphatic carbocycles. The van der Waals surface area contributed by atoms with Gasteiger partial charge in [0.25, 0.3) is 5.56 Å². The number of Topliss-reactive ketones (excluding diaryl/α,β-unsaturated/α-hetero) is 1. The largest absolute Gasteiger partial charge is 0.301 e. The summed E-state index contributed by atoms with van der Waals surface area (Å²) in [5.41, 5.74) is 2.39. The number of carbonyl (C=O) groups is 1. The summed E-state index contributed by atoms with van der Waals surface area (Å²) in [6.45, 7) is 2.00. The Balaban J connectivity index is 1.63. The molecule has 7 heteroatoms. The lowest BCUT2D eigenvalue weighted by atomic mass is 10.0. The number of benzene rings is 2. The van der Waals surface area contributed by atoms with Gasteiger partial charge in [0.1, 0.15) is 4.83 Å². The molecule has 0 fully saturated rings. The third kappa shape index (κ3) is 3.83. The van der Waals surface area contributed by atoms with Crippen LogP contribution in [0.5, 0.6) is 0 Å². The van der Waals surface area contributed by atoms with Crippen LogP contribution in [0.25, 0.3) is 21.3 Å². The highest BCUT2D eigenvalue weighted by molar-refractivity contribution is 9.10. The summed E-state index contributed by atoms with van der Waals surface area (Å²) in [4.78, 5) is 34.3. The Morgan fingerprint density at radius 1 is 1.14 bits per heavy atom. The predicted molar refractivity (Wildman–Crippen MR) is 120 cm³/mol. The van der Waals surface area contributed by atoms with Crippen LogP contribution in [0.4, 0.5) is 0 Å².